The van der Waals surface area contributed by atoms with Gasteiger partial charge in [0.1, 0.15) is 11.6 Å². The molecule has 5 nitrogen and oxygen atoms in total. The van der Waals surface area contributed by atoms with Gasteiger partial charge in [-0.25, -0.2) is 4.39 Å². The summed E-state index contributed by atoms with van der Waals surface area (Å²) in [7, 11) is 1.65. The van der Waals surface area contributed by atoms with Gasteiger partial charge in [0.15, 0.2) is 0 Å². The molecule has 2 aromatic rings. The van der Waals surface area contributed by atoms with Crippen molar-refractivity contribution >= 4 is 5.91 Å². The molecule has 1 aliphatic heterocycles. The van der Waals surface area contributed by atoms with Crippen LogP contribution in [0.4, 0.5) is 4.39 Å². The lowest BCUT2D eigenvalue weighted by Crippen LogP contribution is -2.41. The number of hydrogen-bond acceptors (Lipinski definition) is 4. The van der Waals surface area contributed by atoms with Crippen molar-refractivity contribution in [3.8, 4) is 0 Å². The summed E-state index contributed by atoms with van der Waals surface area (Å²) in [5, 5.41) is 0. The van der Waals surface area contributed by atoms with Crippen molar-refractivity contribution in [2.75, 3.05) is 39.9 Å². The molecule has 3 rings (SSSR count). The molecule has 0 aliphatic carbocycles. The van der Waals surface area contributed by atoms with E-state index in [0.29, 0.717) is 26.2 Å². The van der Waals surface area contributed by atoms with Gasteiger partial charge in [0, 0.05) is 45.1 Å². The lowest BCUT2D eigenvalue weighted by molar-refractivity contribution is -0.135. The Balaban J connectivity index is 1.79. The molecule has 1 fully saturated rings. The Morgan fingerprint density at radius 1 is 1.31 bits per heavy atom. The molecule has 0 saturated carbocycles. The molecule has 1 aromatic carbocycles. The van der Waals surface area contributed by atoms with Gasteiger partial charge in [-0.2, -0.15) is 0 Å². The van der Waals surface area contributed by atoms with E-state index < -0.39 is 0 Å². The predicted octanol–water partition coefficient (Wildman–Crippen LogP) is 3.77. The second-order valence-corrected chi connectivity index (χ2v) is 8.13. The van der Waals surface area contributed by atoms with Crippen LogP contribution in [0, 0.1) is 17.7 Å². The van der Waals surface area contributed by atoms with Crippen LogP contribution >= 0.6 is 0 Å². The van der Waals surface area contributed by atoms with E-state index in [4.69, 9.17) is 9.15 Å². The molecular formula is C23H31FN2O3. The summed E-state index contributed by atoms with van der Waals surface area (Å²) in [4.78, 5) is 17.0. The SMILES string of the molecule is COCCN(C[C@@H]1CN(Cc2ccco2)C[C@@H]1c1cccc(F)c1)C(=O)C(C)C. The van der Waals surface area contributed by atoms with Gasteiger partial charge in [-0.1, -0.05) is 26.0 Å². The fraction of sp³-hybridized carbons (Fsp3) is 0.522. The van der Waals surface area contributed by atoms with Crippen LogP contribution in [0.3, 0.4) is 0 Å². The van der Waals surface area contributed by atoms with Crippen LogP contribution in [0.5, 0.6) is 0 Å². The zero-order chi connectivity index (χ0) is 20.8. The molecule has 6 heteroatoms. The third-order valence-corrected chi connectivity index (χ3v) is 5.58. The highest BCUT2D eigenvalue weighted by atomic mass is 19.1. The van der Waals surface area contributed by atoms with Gasteiger partial charge in [0.05, 0.1) is 19.4 Å². The van der Waals surface area contributed by atoms with Crippen LogP contribution in [0.25, 0.3) is 0 Å². The molecule has 0 radical (unpaired) electrons. The highest BCUT2D eigenvalue weighted by Gasteiger charge is 2.36. The maximum Gasteiger partial charge on any atom is 0.225 e. The Hall–Kier alpha value is -2.18. The Morgan fingerprint density at radius 2 is 2.14 bits per heavy atom. The van der Waals surface area contributed by atoms with Gasteiger partial charge in [-0.3, -0.25) is 9.69 Å². The topological polar surface area (TPSA) is 45.9 Å². The second kappa shape index (κ2) is 10.0. The molecule has 1 aliphatic rings. The smallest absolute Gasteiger partial charge is 0.225 e. The molecule has 0 bridgehead atoms. The van der Waals surface area contributed by atoms with Gasteiger partial charge in [-0.15, -0.1) is 0 Å². The lowest BCUT2D eigenvalue weighted by Gasteiger charge is -2.29. The molecule has 1 aromatic heterocycles. The number of carbonyl (C=O) groups is 1. The Bertz CT molecular complexity index is 778. The molecule has 29 heavy (non-hydrogen) atoms. The van der Waals surface area contributed by atoms with Crippen LogP contribution < -0.4 is 0 Å². The van der Waals surface area contributed by atoms with Gasteiger partial charge in [0.25, 0.3) is 0 Å². The first kappa shape index (κ1) is 21.5. The molecule has 0 unspecified atom stereocenters. The van der Waals surface area contributed by atoms with Crippen molar-refractivity contribution in [2.24, 2.45) is 11.8 Å². The standard InChI is InChI=1S/C23H31FN2O3/c1-17(2)23(27)26(9-11-28-3)14-19-13-25(15-21-8-5-10-29-21)16-22(19)18-6-4-7-20(24)12-18/h4-8,10,12,17,19,22H,9,11,13-16H2,1-3H3/t19-,22+/m0/s1. The number of carbonyl (C=O) groups excluding carboxylic acids is 1. The van der Waals surface area contributed by atoms with Gasteiger partial charge < -0.3 is 14.1 Å². The average molecular weight is 403 g/mol. The summed E-state index contributed by atoms with van der Waals surface area (Å²) in [6.45, 7) is 7.90. The van der Waals surface area contributed by atoms with Crippen molar-refractivity contribution in [3.63, 3.8) is 0 Å². The summed E-state index contributed by atoms with van der Waals surface area (Å²) >= 11 is 0. The van der Waals surface area contributed by atoms with Crippen LogP contribution in [0.2, 0.25) is 0 Å². The minimum absolute atomic E-state index is 0.0694. The van der Waals surface area contributed by atoms with Gasteiger partial charge >= 0.3 is 0 Å². The summed E-state index contributed by atoms with van der Waals surface area (Å²) in [5.74, 6) is 1.12. The number of ether oxygens (including phenoxy) is 1. The fourth-order valence-corrected chi connectivity index (χ4v) is 4.15. The largest absolute Gasteiger partial charge is 0.468 e. The second-order valence-electron chi connectivity index (χ2n) is 8.13. The first-order chi connectivity index (χ1) is 14.0. The number of benzene rings is 1. The lowest BCUT2D eigenvalue weighted by atomic mass is 9.88. The van der Waals surface area contributed by atoms with E-state index in [2.05, 4.69) is 4.90 Å². The molecule has 0 N–H and O–H groups in total. The summed E-state index contributed by atoms with van der Waals surface area (Å²) in [6, 6.07) is 10.7. The van der Waals surface area contributed by atoms with Crippen LogP contribution in [-0.4, -0.2) is 55.6 Å². The summed E-state index contributed by atoms with van der Waals surface area (Å²) < 4.78 is 24.6. The maximum absolute atomic E-state index is 13.9. The monoisotopic (exact) mass is 402 g/mol. The van der Waals surface area contributed by atoms with Crippen LogP contribution in [0.15, 0.2) is 47.1 Å². The third kappa shape index (κ3) is 5.67. The molecular weight excluding hydrogens is 371 g/mol. The van der Waals surface area contributed by atoms with Crippen molar-refractivity contribution in [3.05, 3.63) is 59.8 Å². The quantitative estimate of drug-likeness (QED) is 0.641. The zero-order valence-corrected chi connectivity index (χ0v) is 17.5. The van der Waals surface area contributed by atoms with E-state index in [1.165, 1.54) is 6.07 Å². The molecule has 1 amide bonds. The Labute approximate surface area is 172 Å². The van der Waals surface area contributed by atoms with E-state index in [0.717, 1.165) is 24.4 Å². The average Bonchev–Trinajstić information content (AvgIpc) is 3.34. The number of furan rings is 1. The van der Waals surface area contributed by atoms with E-state index in [1.807, 2.05) is 36.9 Å². The van der Waals surface area contributed by atoms with E-state index in [9.17, 15) is 9.18 Å². The Morgan fingerprint density at radius 3 is 2.79 bits per heavy atom. The van der Waals surface area contributed by atoms with Crippen LogP contribution in [-0.2, 0) is 16.1 Å². The molecule has 0 spiro atoms. The minimum Gasteiger partial charge on any atom is -0.468 e. The summed E-state index contributed by atoms with van der Waals surface area (Å²) in [6.07, 6.45) is 1.68. The van der Waals surface area contributed by atoms with Crippen LogP contribution in [0.1, 0.15) is 31.1 Å². The van der Waals surface area contributed by atoms with E-state index in [-0.39, 0.29) is 29.5 Å². The number of likely N-dealkylation sites (tertiary alicyclic amines) is 1. The van der Waals surface area contributed by atoms with E-state index in [1.54, 1.807) is 25.5 Å². The van der Waals surface area contributed by atoms with E-state index >= 15 is 0 Å². The number of methoxy groups -OCH3 is 1. The first-order valence-corrected chi connectivity index (χ1v) is 10.3. The molecule has 158 valence electrons. The number of rotatable bonds is 9. The summed E-state index contributed by atoms with van der Waals surface area (Å²) in [5.41, 5.74) is 0.987. The van der Waals surface area contributed by atoms with Gasteiger partial charge in [0.2, 0.25) is 5.91 Å². The number of halogens is 1. The Kier molecular flexibility index (Phi) is 7.45. The zero-order valence-electron chi connectivity index (χ0n) is 17.5. The highest BCUT2D eigenvalue weighted by molar-refractivity contribution is 5.78. The predicted molar refractivity (Wildman–Crippen MR) is 110 cm³/mol. The third-order valence-electron chi connectivity index (χ3n) is 5.58. The number of nitrogens with zero attached hydrogens (tertiary/aromatic N) is 2. The van der Waals surface area contributed by atoms with Crippen molar-refractivity contribution in [1.82, 2.24) is 9.80 Å². The number of hydrogen-bond donors (Lipinski definition) is 0. The molecule has 2 heterocycles. The van der Waals surface area contributed by atoms with Crippen molar-refractivity contribution < 1.29 is 18.3 Å². The van der Waals surface area contributed by atoms with Crippen molar-refractivity contribution in [2.45, 2.75) is 26.3 Å². The molecule has 1 saturated heterocycles. The fourth-order valence-electron chi connectivity index (χ4n) is 4.15. The highest BCUT2D eigenvalue weighted by Crippen LogP contribution is 2.34. The van der Waals surface area contributed by atoms with Crippen molar-refractivity contribution in [1.29, 1.82) is 0 Å². The minimum atomic E-state index is -0.222. The van der Waals surface area contributed by atoms with Gasteiger partial charge in [-0.05, 0) is 35.7 Å². The first-order valence-electron chi connectivity index (χ1n) is 10.3. The normalized spacial score (nSPS) is 19.8. The maximum atomic E-state index is 13.9. The number of amides is 1. The molecule has 2 atom stereocenters.